The van der Waals surface area contributed by atoms with Crippen LogP contribution in [0.4, 0.5) is 27.6 Å². The van der Waals surface area contributed by atoms with Gasteiger partial charge in [0.05, 0.1) is 30.6 Å². The predicted molar refractivity (Wildman–Crippen MR) is 140 cm³/mol. The molecule has 41 heavy (non-hydrogen) atoms. The fourth-order valence-corrected chi connectivity index (χ4v) is 4.20. The lowest BCUT2D eigenvalue weighted by Gasteiger charge is -2.14. The van der Waals surface area contributed by atoms with Gasteiger partial charge in [0.15, 0.2) is 17.1 Å². The summed E-state index contributed by atoms with van der Waals surface area (Å²) in [7, 11) is 0. The number of aromatic nitrogens is 3. The van der Waals surface area contributed by atoms with Crippen LogP contribution in [0.5, 0.6) is 17.4 Å². The van der Waals surface area contributed by atoms with E-state index in [-0.39, 0.29) is 41.5 Å². The highest BCUT2D eigenvalue weighted by atomic mass is 19.4. The summed E-state index contributed by atoms with van der Waals surface area (Å²) < 4.78 is 79.6. The van der Waals surface area contributed by atoms with Crippen molar-refractivity contribution < 1.29 is 36.2 Å². The first-order chi connectivity index (χ1) is 19.5. The van der Waals surface area contributed by atoms with Gasteiger partial charge in [-0.05, 0) is 56.5 Å². The third kappa shape index (κ3) is 6.34. The smallest absolute Gasteiger partial charge is 0.390 e. The number of nitrogens with zero attached hydrogens (tertiary/aromatic N) is 3. The molecule has 0 saturated heterocycles. The summed E-state index contributed by atoms with van der Waals surface area (Å²) >= 11 is 0. The molecule has 5 rings (SSSR count). The molecule has 13 heteroatoms. The highest BCUT2D eigenvalue weighted by Crippen LogP contribution is 2.33. The Hall–Kier alpha value is -4.42. The minimum Gasteiger partial charge on any atom is -0.491 e. The maximum atomic E-state index is 14.7. The van der Waals surface area contributed by atoms with Gasteiger partial charge in [0.2, 0.25) is 17.5 Å². The fourth-order valence-electron chi connectivity index (χ4n) is 4.20. The topological polar surface area (TPSA) is 89.8 Å². The number of hydrogen-bond acceptors (Lipinski definition) is 6. The first kappa shape index (κ1) is 28.1. The molecule has 1 amide bonds. The van der Waals surface area contributed by atoms with E-state index in [0.717, 1.165) is 18.9 Å². The summed E-state index contributed by atoms with van der Waals surface area (Å²) in [5, 5.41) is 9.98. The Morgan fingerprint density at radius 2 is 1.83 bits per heavy atom. The molecule has 0 atom stereocenters. The maximum Gasteiger partial charge on any atom is 0.390 e. The summed E-state index contributed by atoms with van der Waals surface area (Å²) in [5.74, 6) is -3.76. The number of benzene rings is 2. The maximum absolute atomic E-state index is 14.7. The Morgan fingerprint density at radius 3 is 2.51 bits per heavy atom. The number of ether oxygens (including phenoxy) is 2. The second kappa shape index (κ2) is 11.2. The number of nitrogens with one attached hydrogen (secondary N) is 2. The number of aryl methyl sites for hydroxylation is 1. The van der Waals surface area contributed by atoms with Crippen molar-refractivity contribution >= 4 is 17.2 Å². The lowest BCUT2D eigenvalue weighted by Crippen LogP contribution is -2.26. The number of carbonyl (C=O) groups excluding carboxylic acids is 1. The highest BCUT2D eigenvalue weighted by molar-refractivity contribution is 5.96. The van der Waals surface area contributed by atoms with Crippen molar-refractivity contribution in [2.75, 3.05) is 18.5 Å². The van der Waals surface area contributed by atoms with E-state index >= 15 is 0 Å². The summed E-state index contributed by atoms with van der Waals surface area (Å²) in [5.41, 5.74) is 2.56. The molecular formula is C28H26F5N5O3. The third-order valence-electron chi connectivity index (χ3n) is 6.37. The van der Waals surface area contributed by atoms with Gasteiger partial charge in [0, 0.05) is 29.8 Å². The molecule has 2 aromatic heterocycles. The van der Waals surface area contributed by atoms with E-state index in [9.17, 15) is 26.7 Å². The molecule has 2 heterocycles. The van der Waals surface area contributed by atoms with Crippen LogP contribution in [0.25, 0.3) is 16.9 Å². The molecule has 0 radical (unpaired) electrons. The van der Waals surface area contributed by atoms with Crippen LogP contribution in [0.1, 0.15) is 42.1 Å². The summed E-state index contributed by atoms with van der Waals surface area (Å²) in [6.45, 7) is 3.05. The number of amides is 1. The molecule has 2 aromatic carbocycles. The summed E-state index contributed by atoms with van der Waals surface area (Å²) in [4.78, 5) is 16.9. The highest BCUT2D eigenvalue weighted by Gasteiger charge is 2.27. The minimum absolute atomic E-state index is 0.122. The first-order valence-electron chi connectivity index (χ1n) is 12.9. The largest absolute Gasteiger partial charge is 0.491 e. The van der Waals surface area contributed by atoms with E-state index in [1.165, 1.54) is 22.8 Å². The average Bonchev–Trinajstić information content (AvgIpc) is 3.62. The Kier molecular flexibility index (Phi) is 7.70. The zero-order valence-corrected chi connectivity index (χ0v) is 22.1. The van der Waals surface area contributed by atoms with Gasteiger partial charge >= 0.3 is 6.18 Å². The molecule has 2 N–H and O–H groups in total. The lowest BCUT2D eigenvalue weighted by atomic mass is 10.0. The van der Waals surface area contributed by atoms with Crippen molar-refractivity contribution in [3.05, 3.63) is 65.4 Å². The molecule has 0 aliphatic heterocycles. The predicted octanol–water partition coefficient (Wildman–Crippen LogP) is 6.43. The van der Waals surface area contributed by atoms with Crippen molar-refractivity contribution in [2.45, 2.75) is 45.3 Å². The molecule has 1 saturated carbocycles. The minimum atomic E-state index is -4.40. The number of rotatable bonds is 10. The zero-order chi connectivity index (χ0) is 29.3. The van der Waals surface area contributed by atoms with Gasteiger partial charge in [0.1, 0.15) is 0 Å². The van der Waals surface area contributed by atoms with Crippen LogP contribution in [0.2, 0.25) is 0 Å². The number of fused-ring (bicyclic) bond motifs is 1. The normalized spacial score (nSPS) is 13.3. The van der Waals surface area contributed by atoms with E-state index < -0.39 is 36.5 Å². The Bertz CT molecular complexity index is 1600. The van der Waals surface area contributed by atoms with Gasteiger partial charge in [-0.1, -0.05) is 6.07 Å². The zero-order valence-electron chi connectivity index (χ0n) is 22.1. The van der Waals surface area contributed by atoms with Crippen LogP contribution < -0.4 is 20.1 Å². The number of halogens is 5. The molecule has 1 aliphatic rings. The molecule has 0 bridgehead atoms. The van der Waals surface area contributed by atoms with Gasteiger partial charge in [-0.25, -0.2) is 9.50 Å². The molecule has 4 aromatic rings. The van der Waals surface area contributed by atoms with Crippen molar-refractivity contribution in [3.8, 4) is 28.6 Å². The Labute approximate surface area is 231 Å². The van der Waals surface area contributed by atoms with Crippen LogP contribution in [0, 0.1) is 18.6 Å². The summed E-state index contributed by atoms with van der Waals surface area (Å²) in [6, 6.07) is 8.94. The van der Waals surface area contributed by atoms with Crippen LogP contribution in [-0.4, -0.2) is 45.9 Å². The quantitative estimate of drug-likeness (QED) is 0.212. The van der Waals surface area contributed by atoms with Crippen LogP contribution >= 0.6 is 0 Å². The SMILES string of the molecule is CCOc1ccc(Oc2cc(NCCC(F)(F)F)c3ncc(-c4ccc(C(=O)NC5CC5)c(C)c4)n3n2)c(F)c1F. The van der Waals surface area contributed by atoms with Crippen molar-refractivity contribution in [1.82, 2.24) is 19.9 Å². The number of alkyl halides is 3. The lowest BCUT2D eigenvalue weighted by molar-refractivity contribution is -0.131. The third-order valence-corrected chi connectivity index (χ3v) is 6.37. The molecule has 216 valence electrons. The standard InChI is InChI=1S/C28H26F5N5O3/c1-3-40-21-8-9-22(25(30)24(21)29)41-23-13-19(34-11-10-28(31,32)33)26-35-14-20(38(26)37-23)16-4-7-18(15(2)12-16)27(39)36-17-5-6-17/h4,7-9,12-14,17,34H,3,5-6,10-11H2,1-2H3,(H,36,39). The van der Waals surface area contributed by atoms with Gasteiger partial charge in [0.25, 0.3) is 5.91 Å². The number of anilines is 1. The van der Waals surface area contributed by atoms with Crippen molar-refractivity contribution in [1.29, 1.82) is 0 Å². The molecule has 1 aliphatic carbocycles. The number of hydrogen-bond donors (Lipinski definition) is 2. The van der Waals surface area contributed by atoms with E-state index in [2.05, 4.69) is 20.7 Å². The summed E-state index contributed by atoms with van der Waals surface area (Å²) in [6.07, 6.45) is -2.14. The van der Waals surface area contributed by atoms with Gasteiger partial charge in [-0.15, -0.1) is 5.10 Å². The molecule has 0 unspecified atom stereocenters. The van der Waals surface area contributed by atoms with E-state index in [1.807, 2.05) is 0 Å². The van der Waals surface area contributed by atoms with E-state index in [4.69, 9.17) is 9.47 Å². The van der Waals surface area contributed by atoms with Crippen LogP contribution in [0.3, 0.4) is 0 Å². The van der Waals surface area contributed by atoms with Crippen molar-refractivity contribution in [2.24, 2.45) is 0 Å². The molecule has 0 spiro atoms. The second-order valence-electron chi connectivity index (χ2n) is 9.57. The number of imidazole rings is 1. The number of carbonyl (C=O) groups is 1. The van der Waals surface area contributed by atoms with Crippen LogP contribution in [0.15, 0.2) is 42.6 Å². The van der Waals surface area contributed by atoms with Crippen LogP contribution in [-0.2, 0) is 0 Å². The average molecular weight is 576 g/mol. The molecular weight excluding hydrogens is 549 g/mol. The van der Waals surface area contributed by atoms with Gasteiger partial charge in [-0.2, -0.15) is 22.0 Å². The Morgan fingerprint density at radius 1 is 1.10 bits per heavy atom. The van der Waals surface area contributed by atoms with Gasteiger partial charge < -0.3 is 20.1 Å². The van der Waals surface area contributed by atoms with Gasteiger partial charge in [-0.3, -0.25) is 4.79 Å². The Balaban J connectivity index is 1.52. The molecule has 1 fully saturated rings. The monoisotopic (exact) mass is 575 g/mol. The fraction of sp³-hybridized carbons (Fsp3) is 0.321. The molecule has 8 nitrogen and oxygen atoms in total. The van der Waals surface area contributed by atoms with E-state index in [0.29, 0.717) is 22.4 Å². The van der Waals surface area contributed by atoms with Crippen molar-refractivity contribution in [3.63, 3.8) is 0 Å². The second-order valence-corrected chi connectivity index (χ2v) is 9.57. The van der Waals surface area contributed by atoms with E-state index in [1.54, 1.807) is 32.0 Å². The first-order valence-corrected chi connectivity index (χ1v) is 12.9.